The average Bonchev–Trinajstić information content (AvgIpc) is 3.21. The Morgan fingerprint density at radius 3 is 2.60 bits per heavy atom. The molecule has 1 fully saturated rings. The highest BCUT2D eigenvalue weighted by Crippen LogP contribution is 2.40. The molecule has 0 aliphatic carbocycles. The van der Waals surface area contributed by atoms with Gasteiger partial charge < -0.3 is 19.9 Å². The van der Waals surface area contributed by atoms with Gasteiger partial charge in [-0.25, -0.2) is 4.98 Å². The molecule has 2 aromatic heterocycles. The number of anilines is 1. The number of esters is 2. The summed E-state index contributed by atoms with van der Waals surface area (Å²) in [6.45, 7) is 8.46. The minimum atomic E-state index is -1.12. The lowest BCUT2D eigenvalue weighted by molar-refractivity contribution is -0.177. The molecule has 3 rings (SSSR count). The third-order valence-electron chi connectivity index (χ3n) is 4.94. The monoisotopic (exact) mass is 423 g/mol. The highest BCUT2D eigenvalue weighted by Gasteiger charge is 2.50. The Bertz CT molecular complexity index is 962. The standard InChI is InChI=1S/C19H26FN5O5/c1-9(2)16(26)28-7-19(5)11(29-17(27)10(3)4)6-12(30-19)25-8-22-13-14(21)23-18(20)24-15(13)25/h8-12H,6-7H2,1-5H3,(H2,21,23,24)/t11-,12+,19+/m0/s1. The summed E-state index contributed by atoms with van der Waals surface area (Å²) >= 11 is 0. The molecule has 0 bridgehead atoms. The van der Waals surface area contributed by atoms with Gasteiger partial charge in [-0.3, -0.25) is 14.2 Å². The predicted molar refractivity (Wildman–Crippen MR) is 103 cm³/mol. The number of nitrogens with two attached hydrogens (primary N) is 1. The summed E-state index contributed by atoms with van der Waals surface area (Å²) < 4.78 is 32.4. The summed E-state index contributed by atoms with van der Waals surface area (Å²) in [7, 11) is 0. The molecule has 0 radical (unpaired) electrons. The number of hydrogen-bond acceptors (Lipinski definition) is 9. The number of rotatable bonds is 6. The van der Waals surface area contributed by atoms with Crippen molar-refractivity contribution >= 4 is 28.9 Å². The Hall–Kier alpha value is -2.82. The van der Waals surface area contributed by atoms with E-state index in [-0.39, 0.29) is 41.8 Å². The molecule has 3 atom stereocenters. The Kier molecular flexibility index (Phi) is 5.93. The number of imidazole rings is 1. The van der Waals surface area contributed by atoms with Crippen LogP contribution < -0.4 is 5.73 Å². The first kappa shape index (κ1) is 21.9. The molecule has 0 amide bonds. The Morgan fingerprint density at radius 1 is 1.30 bits per heavy atom. The summed E-state index contributed by atoms with van der Waals surface area (Å²) in [5.74, 6) is -1.55. The number of carbonyl (C=O) groups excluding carboxylic acids is 2. The van der Waals surface area contributed by atoms with E-state index in [9.17, 15) is 14.0 Å². The molecule has 1 aliphatic heterocycles. The summed E-state index contributed by atoms with van der Waals surface area (Å²) in [6, 6.07) is 0. The summed E-state index contributed by atoms with van der Waals surface area (Å²) in [5.41, 5.74) is 4.99. The molecule has 10 nitrogen and oxygen atoms in total. The maximum absolute atomic E-state index is 13.7. The summed E-state index contributed by atoms with van der Waals surface area (Å²) in [4.78, 5) is 35.6. The normalized spacial score (nSPS) is 24.0. The molecule has 0 saturated carbocycles. The molecule has 2 N–H and O–H groups in total. The van der Waals surface area contributed by atoms with Gasteiger partial charge in [-0.15, -0.1) is 0 Å². The molecule has 11 heteroatoms. The molecule has 0 spiro atoms. The summed E-state index contributed by atoms with van der Waals surface area (Å²) in [6.07, 6.45) is -0.760. The predicted octanol–water partition coefficient (Wildman–Crippen LogP) is 1.99. The van der Waals surface area contributed by atoms with Crippen LogP contribution in [0.25, 0.3) is 11.2 Å². The molecule has 30 heavy (non-hydrogen) atoms. The van der Waals surface area contributed by atoms with Gasteiger partial charge in [0.05, 0.1) is 18.2 Å². The minimum Gasteiger partial charge on any atom is -0.462 e. The van der Waals surface area contributed by atoms with Crippen LogP contribution in [0.4, 0.5) is 10.2 Å². The first-order valence-corrected chi connectivity index (χ1v) is 9.72. The Morgan fingerprint density at radius 2 is 1.97 bits per heavy atom. The molecule has 1 aliphatic rings. The molecular weight excluding hydrogens is 397 g/mol. The van der Waals surface area contributed by atoms with Crippen LogP contribution in [0.3, 0.4) is 0 Å². The third kappa shape index (κ3) is 4.20. The largest absolute Gasteiger partial charge is 0.462 e. The fraction of sp³-hybridized carbons (Fsp3) is 0.632. The van der Waals surface area contributed by atoms with Crippen molar-refractivity contribution in [2.24, 2.45) is 11.8 Å². The zero-order valence-corrected chi connectivity index (χ0v) is 17.6. The SMILES string of the molecule is CC(C)C(=O)OC[C@@]1(C)O[C@@H](n2cnc3c(N)nc(F)nc32)C[C@@H]1OC(=O)C(C)C. The molecule has 164 valence electrons. The van der Waals surface area contributed by atoms with Crippen molar-refractivity contribution in [3.05, 3.63) is 12.4 Å². The van der Waals surface area contributed by atoms with Crippen LogP contribution in [0.2, 0.25) is 0 Å². The number of ether oxygens (including phenoxy) is 3. The van der Waals surface area contributed by atoms with Gasteiger partial charge in [0.25, 0.3) is 0 Å². The van der Waals surface area contributed by atoms with Crippen molar-refractivity contribution in [3.8, 4) is 0 Å². The highest BCUT2D eigenvalue weighted by atomic mass is 19.1. The van der Waals surface area contributed by atoms with Crippen molar-refractivity contribution in [2.45, 2.75) is 59.0 Å². The number of halogens is 1. The number of nitrogen functional groups attached to an aromatic ring is 1. The van der Waals surface area contributed by atoms with E-state index >= 15 is 0 Å². The van der Waals surface area contributed by atoms with Gasteiger partial charge in [0.2, 0.25) is 0 Å². The van der Waals surface area contributed by atoms with E-state index in [0.717, 1.165) is 0 Å². The van der Waals surface area contributed by atoms with Gasteiger partial charge in [0, 0.05) is 6.42 Å². The molecule has 2 aromatic rings. The number of aromatic nitrogens is 4. The summed E-state index contributed by atoms with van der Waals surface area (Å²) in [5, 5.41) is 0. The second-order valence-corrected chi connectivity index (χ2v) is 8.17. The third-order valence-corrected chi connectivity index (χ3v) is 4.94. The minimum absolute atomic E-state index is 0.0920. The van der Waals surface area contributed by atoms with E-state index in [1.54, 1.807) is 34.6 Å². The first-order valence-electron chi connectivity index (χ1n) is 9.72. The van der Waals surface area contributed by atoms with Gasteiger partial charge in [-0.2, -0.15) is 14.4 Å². The van der Waals surface area contributed by atoms with Gasteiger partial charge in [-0.1, -0.05) is 27.7 Å². The second kappa shape index (κ2) is 8.13. The lowest BCUT2D eigenvalue weighted by atomic mass is 9.99. The maximum atomic E-state index is 13.7. The van der Waals surface area contributed by atoms with Crippen LogP contribution >= 0.6 is 0 Å². The highest BCUT2D eigenvalue weighted by molar-refractivity contribution is 5.81. The van der Waals surface area contributed by atoms with Crippen molar-refractivity contribution in [3.63, 3.8) is 0 Å². The van der Waals surface area contributed by atoms with E-state index in [1.807, 2.05) is 0 Å². The molecule has 1 saturated heterocycles. The molecule has 0 aromatic carbocycles. The van der Waals surface area contributed by atoms with Gasteiger partial charge in [0.15, 0.2) is 17.0 Å². The van der Waals surface area contributed by atoms with Crippen LogP contribution in [0.15, 0.2) is 6.33 Å². The van der Waals surface area contributed by atoms with Crippen molar-refractivity contribution in [2.75, 3.05) is 12.3 Å². The van der Waals surface area contributed by atoms with Gasteiger partial charge in [-0.05, 0) is 6.92 Å². The van der Waals surface area contributed by atoms with Gasteiger partial charge >= 0.3 is 18.0 Å². The number of carbonyl (C=O) groups is 2. The van der Waals surface area contributed by atoms with Crippen LogP contribution in [0, 0.1) is 17.9 Å². The van der Waals surface area contributed by atoms with E-state index in [0.29, 0.717) is 0 Å². The van der Waals surface area contributed by atoms with E-state index in [1.165, 1.54) is 10.9 Å². The average molecular weight is 423 g/mol. The maximum Gasteiger partial charge on any atom is 0.312 e. The van der Waals surface area contributed by atoms with Crippen LogP contribution in [0.5, 0.6) is 0 Å². The smallest absolute Gasteiger partial charge is 0.312 e. The second-order valence-electron chi connectivity index (χ2n) is 8.17. The van der Waals surface area contributed by atoms with E-state index in [4.69, 9.17) is 19.9 Å². The Balaban J connectivity index is 1.91. The lowest BCUT2D eigenvalue weighted by Gasteiger charge is -2.30. The fourth-order valence-electron chi connectivity index (χ4n) is 3.12. The number of nitrogens with zero attached hydrogens (tertiary/aromatic N) is 4. The van der Waals surface area contributed by atoms with E-state index in [2.05, 4.69) is 15.0 Å². The molecule has 3 heterocycles. The quantitative estimate of drug-likeness (QED) is 0.547. The van der Waals surface area contributed by atoms with Crippen molar-refractivity contribution in [1.29, 1.82) is 0 Å². The molecular formula is C19H26FN5O5. The topological polar surface area (TPSA) is 131 Å². The lowest BCUT2D eigenvalue weighted by Crippen LogP contribution is -2.44. The van der Waals surface area contributed by atoms with Crippen molar-refractivity contribution in [1.82, 2.24) is 19.5 Å². The number of hydrogen-bond donors (Lipinski definition) is 1. The zero-order chi connectivity index (χ0) is 22.2. The zero-order valence-electron chi connectivity index (χ0n) is 17.6. The van der Waals surface area contributed by atoms with Crippen LogP contribution in [0.1, 0.15) is 47.3 Å². The van der Waals surface area contributed by atoms with Gasteiger partial charge in [0.1, 0.15) is 24.5 Å². The van der Waals surface area contributed by atoms with E-state index < -0.39 is 35.9 Å². The van der Waals surface area contributed by atoms with Crippen LogP contribution in [-0.4, -0.2) is 49.8 Å². The first-order chi connectivity index (χ1) is 14.0. The number of fused-ring (bicyclic) bond motifs is 1. The van der Waals surface area contributed by atoms with Crippen molar-refractivity contribution < 1.29 is 28.2 Å². The Labute approximate surface area is 172 Å². The molecule has 0 unspecified atom stereocenters. The fourth-order valence-corrected chi connectivity index (χ4v) is 3.12. The van der Waals surface area contributed by atoms with Crippen LogP contribution in [-0.2, 0) is 23.8 Å².